The highest BCUT2D eigenvalue weighted by atomic mass is 16.7. The van der Waals surface area contributed by atoms with Gasteiger partial charge >= 0.3 is 5.97 Å². The predicted octanol–water partition coefficient (Wildman–Crippen LogP) is 10.6. The fourth-order valence-electron chi connectivity index (χ4n) is 7.40. The van der Waals surface area contributed by atoms with Crippen LogP contribution in [-0.4, -0.2) is 19.2 Å². The van der Waals surface area contributed by atoms with E-state index >= 15 is 0 Å². The van der Waals surface area contributed by atoms with Gasteiger partial charge in [-0.1, -0.05) is 45.7 Å². The second kappa shape index (κ2) is 19.4. The Kier molecular flexibility index (Phi) is 15.0. The molecule has 6 rings (SSSR count). The molecule has 0 radical (unpaired) electrons. The van der Waals surface area contributed by atoms with Gasteiger partial charge in [0.15, 0.2) is 6.29 Å². The molecular weight excluding hydrogens is 647 g/mol. The molecule has 0 N–H and O–H groups in total. The number of carbonyl (C=O) groups excluding carboxylic acids is 1. The third-order valence-corrected chi connectivity index (χ3v) is 10.7. The summed E-state index contributed by atoms with van der Waals surface area (Å²) in [6.45, 7) is 16.1. The highest BCUT2D eigenvalue weighted by molar-refractivity contribution is 5.75. The van der Waals surface area contributed by atoms with Crippen molar-refractivity contribution in [3.63, 3.8) is 0 Å². The average molecular weight is 702 g/mol. The fourth-order valence-corrected chi connectivity index (χ4v) is 7.40. The smallest absolute Gasteiger partial charge is 0.314 e. The van der Waals surface area contributed by atoms with Gasteiger partial charge in [0.25, 0.3) is 0 Å². The summed E-state index contributed by atoms with van der Waals surface area (Å²) in [5, 5.41) is 26.8. The molecular formula is C45H55N3O4. The van der Waals surface area contributed by atoms with Crippen LogP contribution in [-0.2, 0) is 14.3 Å². The van der Waals surface area contributed by atoms with E-state index in [1.165, 1.54) is 31.2 Å². The molecule has 3 aromatic rings. The van der Waals surface area contributed by atoms with Crippen LogP contribution >= 0.6 is 0 Å². The molecule has 3 fully saturated rings. The topological polar surface area (TPSA) is 116 Å². The van der Waals surface area contributed by atoms with Gasteiger partial charge in [0, 0.05) is 11.5 Å². The van der Waals surface area contributed by atoms with Gasteiger partial charge in [-0.25, -0.2) is 0 Å². The largest absolute Gasteiger partial charge is 0.426 e. The molecule has 52 heavy (non-hydrogen) atoms. The fraction of sp³-hybridized carbons (Fsp3) is 0.511. The Morgan fingerprint density at radius 1 is 0.615 bits per heavy atom. The zero-order valence-corrected chi connectivity index (χ0v) is 32.1. The minimum atomic E-state index is -0.281. The van der Waals surface area contributed by atoms with Gasteiger partial charge < -0.3 is 14.2 Å². The van der Waals surface area contributed by atoms with Crippen LogP contribution in [0.4, 0.5) is 0 Å². The number of carbonyl (C=O) groups is 1. The highest BCUT2D eigenvalue weighted by Gasteiger charge is 2.26. The number of nitriles is 3. The van der Waals surface area contributed by atoms with E-state index in [1.54, 1.807) is 24.3 Å². The first-order valence-corrected chi connectivity index (χ1v) is 18.9. The first-order valence-electron chi connectivity index (χ1n) is 18.9. The summed E-state index contributed by atoms with van der Waals surface area (Å²) in [5.41, 5.74) is 8.87. The Balaban J connectivity index is 0.000000175. The molecule has 3 aliphatic rings. The maximum atomic E-state index is 11.9. The normalized spacial score (nSPS) is 23.9. The van der Waals surface area contributed by atoms with Gasteiger partial charge in [0.1, 0.15) is 5.75 Å². The SMILES string of the molecule is CC1CCC(C(=O)Oc2ccc(C#N)cc2)CC1.Cc1cc(C2CCC(C)CC2)cc(C)c1C#N.Cc1cc(C2OCC(C)CO2)cc(C)c1C#N. The Morgan fingerprint density at radius 3 is 1.50 bits per heavy atom. The number of benzene rings is 3. The number of hydrogen-bond donors (Lipinski definition) is 0. The van der Waals surface area contributed by atoms with Crippen molar-refractivity contribution in [2.45, 2.75) is 112 Å². The summed E-state index contributed by atoms with van der Waals surface area (Å²) in [7, 11) is 0. The number of esters is 1. The maximum Gasteiger partial charge on any atom is 0.314 e. The number of aryl methyl sites for hydroxylation is 4. The van der Waals surface area contributed by atoms with Crippen LogP contribution in [0.5, 0.6) is 5.75 Å². The van der Waals surface area contributed by atoms with Crippen molar-refractivity contribution < 1.29 is 19.0 Å². The zero-order chi connectivity index (χ0) is 37.8. The minimum Gasteiger partial charge on any atom is -0.426 e. The molecule has 1 heterocycles. The molecule has 1 aliphatic heterocycles. The van der Waals surface area contributed by atoms with Crippen molar-refractivity contribution in [1.82, 2.24) is 0 Å². The monoisotopic (exact) mass is 701 g/mol. The number of ether oxygens (including phenoxy) is 3. The van der Waals surface area contributed by atoms with E-state index in [-0.39, 0.29) is 18.2 Å². The number of rotatable bonds is 4. The summed E-state index contributed by atoms with van der Waals surface area (Å²) in [5.74, 6) is 3.22. The van der Waals surface area contributed by atoms with Gasteiger partial charge in [-0.05, 0) is 148 Å². The molecule has 0 aromatic heterocycles. The lowest BCUT2D eigenvalue weighted by atomic mass is 9.78. The van der Waals surface area contributed by atoms with Gasteiger partial charge in [-0.15, -0.1) is 0 Å². The molecule has 0 spiro atoms. The molecule has 0 unspecified atom stereocenters. The van der Waals surface area contributed by atoms with Crippen LogP contribution in [0.1, 0.15) is 134 Å². The average Bonchev–Trinajstić information content (AvgIpc) is 3.13. The Morgan fingerprint density at radius 2 is 1.06 bits per heavy atom. The number of hydrogen-bond acceptors (Lipinski definition) is 7. The van der Waals surface area contributed by atoms with Crippen molar-refractivity contribution in [1.29, 1.82) is 15.8 Å². The van der Waals surface area contributed by atoms with E-state index in [0.29, 0.717) is 17.2 Å². The van der Waals surface area contributed by atoms with Crippen LogP contribution < -0.4 is 4.74 Å². The standard InChI is InChI=1S/C16H21N.C15H17NO2.C14H17NO2/c1-11-4-6-14(7-5-11)15-8-12(2)16(10-17)13(3)9-15;1-11-2-6-13(7-3-11)15(17)18-14-8-4-12(10-16)5-9-14;1-9-7-16-14(17-8-9)12-4-10(2)13(6-15)11(3)5-12/h8-9,11,14H,4-7H2,1-3H3;4-5,8-9,11,13H,2-3,6-7H2,1H3;4-5,9,14H,7-8H2,1-3H3. The second-order valence-corrected chi connectivity index (χ2v) is 15.4. The lowest BCUT2D eigenvalue weighted by molar-refractivity contribution is -0.202. The third-order valence-electron chi connectivity index (χ3n) is 10.7. The molecule has 2 aliphatic carbocycles. The summed E-state index contributed by atoms with van der Waals surface area (Å²) in [6, 6.07) is 21.6. The quantitative estimate of drug-likeness (QED) is 0.196. The van der Waals surface area contributed by atoms with E-state index in [1.807, 2.05) is 32.0 Å². The van der Waals surface area contributed by atoms with Crippen molar-refractivity contribution in [2.24, 2.45) is 23.7 Å². The summed E-state index contributed by atoms with van der Waals surface area (Å²) < 4.78 is 16.6. The molecule has 7 nitrogen and oxygen atoms in total. The first kappa shape index (κ1) is 40.3. The number of nitrogens with zero attached hydrogens (tertiary/aromatic N) is 3. The van der Waals surface area contributed by atoms with Crippen LogP contribution in [0, 0.1) is 85.4 Å². The van der Waals surface area contributed by atoms with Crippen LogP contribution in [0.3, 0.4) is 0 Å². The Hall–Kier alpha value is -4.48. The van der Waals surface area contributed by atoms with Crippen molar-refractivity contribution in [3.05, 3.63) is 98.6 Å². The molecule has 274 valence electrons. The summed E-state index contributed by atoms with van der Waals surface area (Å²) in [4.78, 5) is 11.9. The van der Waals surface area contributed by atoms with Gasteiger partial charge in [0.05, 0.1) is 54.0 Å². The van der Waals surface area contributed by atoms with E-state index in [2.05, 4.69) is 58.9 Å². The predicted molar refractivity (Wildman–Crippen MR) is 203 cm³/mol. The van der Waals surface area contributed by atoms with Gasteiger partial charge in [-0.3, -0.25) is 4.79 Å². The highest BCUT2D eigenvalue weighted by Crippen LogP contribution is 2.37. The molecule has 7 heteroatoms. The molecule has 0 amide bonds. The zero-order valence-electron chi connectivity index (χ0n) is 32.1. The molecule has 3 aromatic carbocycles. The maximum absolute atomic E-state index is 11.9. The van der Waals surface area contributed by atoms with Crippen molar-refractivity contribution >= 4 is 5.97 Å². The molecule has 0 atom stereocenters. The van der Waals surface area contributed by atoms with Crippen LogP contribution in [0.25, 0.3) is 0 Å². The molecule has 0 bridgehead atoms. The van der Waals surface area contributed by atoms with Crippen molar-refractivity contribution in [2.75, 3.05) is 13.2 Å². The Bertz CT molecular complexity index is 1640. The molecule has 2 saturated carbocycles. The molecule has 1 saturated heterocycles. The Labute approximate surface area is 311 Å². The summed E-state index contributed by atoms with van der Waals surface area (Å²) in [6.07, 6.45) is 9.10. The summed E-state index contributed by atoms with van der Waals surface area (Å²) >= 11 is 0. The van der Waals surface area contributed by atoms with E-state index in [0.717, 1.165) is 95.6 Å². The van der Waals surface area contributed by atoms with E-state index in [4.69, 9.17) is 30.0 Å². The second-order valence-electron chi connectivity index (χ2n) is 15.4. The van der Waals surface area contributed by atoms with Gasteiger partial charge in [-0.2, -0.15) is 15.8 Å². The van der Waals surface area contributed by atoms with E-state index in [9.17, 15) is 4.79 Å². The van der Waals surface area contributed by atoms with Crippen LogP contribution in [0.15, 0.2) is 48.5 Å². The van der Waals surface area contributed by atoms with Crippen LogP contribution in [0.2, 0.25) is 0 Å². The van der Waals surface area contributed by atoms with Crippen molar-refractivity contribution in [3.8, 4) is 24.0 Å². The lowest BCUT2D eigenvalue weighted by Gasteiger charge is -2.28. The minimum absolute atomic E-state index is 0.0387. The van der Waals surface area contributed by atoms with Gasteiger partial charge in [0.2, 0.25) is 0 Å². The van der Waals surface area contributed by atoms with E-state index < -0.39 is 0 Å². The lowest BCUT2D eigenvalue weighted by Crippen LogP contribution is -2.25. The third kappa shape index (κ3) is 11.3. The first-order chi connectivity index (χ1) is 24.9.